The third kappa shape index (κ3) is 2.58. The molecule has 0 aromatic carbocycles. The number of amides is 2. The zero-order chi connectivity index (χ0) is 13.1. The lowest BCUT2D eigenvalue weighted by molar-refractivity contribution is -0.120. The first kappa shape index (κ1) is 12.3. The predicted octanol–water partition coefficient (Wildman–Crippen LogP) is 0.179. The molecule has 1 aliphatic rings. The van der Waals surface area contributed by atoms with Gasteiger partial charge in [-0.25, -0.2) is 0 Å². The van der Waals surface area contributed by atoms with Gasteiger partial charge < -0.3 is 15.2 Å². The van der Waals surface area contributed by atoms with E-state index in [0.717, 1.165) is 0 Å². The number of hydrogen-bond donors (Lipinski definition) is 2. The zero-order valence-corrected chi connectivity index (χ0v) is 10.2. The van der Waals surface area contributed by atoms with E-state index in [1.807, 2.05) is 0 Å². The second-order valence-corrected chi connectivity index (χ2v) is 4.25. The number of nitrogens with zero attached hydrogens (tertiary/aromatic N) is 1. The molecule has 2 heterocycles. The highest BCUT2D eigenvalue weighted by Gasteiger charge is 2.21. The molecule has 0 bridgehead atoms. The van der Waals surface area contributed by atoms with Crippen molar-refractivity contribution in [3.8, 4) is 0 Å². The molecule has 1 fully saturated rings. The fourth-order valence-corrected chi connectivity index (χ4v) is 1.86. The van der Waals surface area contributed by atoms with E-state index in [-0.39, 0.29) is 17.6 Å². The average molecular weight is 249 g/mol. The first-order valence-electron chi connectivity index (χ1n) is 5.83. The average Bonchev–Trinajstić information content (AvgIpc) is 2.73. The number of hydrogen-bond acceptors (Lipinski definition) is 3. The molecule has 0 atom stereocenters. The Hall–Kier alpha value is -2.11. The van der Waals surface area contributed by atoms with Crippen molar-refractivity contribution in [3.05, 3.63) is 23.5 Å². The molecule has 18 heavy (non-hydrogen) atoms. The van der Waals surface area contributed by atoms with Crippen molar-refractivity contribution in [2.45, 2.75) is 13.3 Å². The lowest BCUT2D eigenvalue weighted by Gasteiger charge is -2.18. The van der Waals surface area contributed by atoms with Gasteiger partial charge in [0.05, 0.1) is 0 Å². The van der Waals surface area contributed by atoms with E-state index in [1.165, 1.54) is 13.1 Å². The summed E-state index contributed by atoms with van der Waals surface area (Å²) in [4.78, 5) is 38.9. The zero-order valence-electron chi connectivity index (χ0n) is 10.2. The fraction of sp³-hybridized carbons (Fsp3) is 0.417. The van der Waals surface area contributed by atoms with Gasteiger partial charge in [-0.15, -0.1) is 0 Å². The Morgan fingerprint density at radius 1 is 1.33 bits per heavy atom. The maximum atomic E-state index is 12.1. The monoisotopic (exact) mass is 249 g/mol. The summed E-state index contributed by atoms with van der Waals surface area (Å²) < 4.78 is 0. The molecule has 1 saturated heterocycles. The molecular weight excluding hydrogens is 234 g/mol. The normalized spacial score (nSPS) is 16.1. The van der Waals surface area contributed by atoms with Crippen LogP contribution in [0.15, 0.2) is 12.3 Å². The van der Waals surface area contributed by atoms with Gasteiger partial charge in [0.25, 0.3) is 5.91 Å². The SMILES string of the molecule is CC(=O)c1c[nH]c(C(=O)N2CCNC(=O)CC2)c1. The molecule has 2 amide bonds. The number of carbonyl (C=O) groups excluding carboxylic acids is 3. The number of ketones is 1. The van der Waals surface area contributed by atoms with Crippen LogP contribution in [0.1, 0.15) is 34.2 Å². The van der Waals surface area contributed by atoms with Crippen LogP contribution in [0.3, 0.4) is 0 Å². The van der Waals surface area contributed by atoms with E-state index in [1.54, 1.807) is 11.0 Å². The number of rotatable bonds is 2. The number of nitrogens with one attached hydrogen (secondary N) is 2. The van der Waals surface area contributed by atoms with Crippen molar-refractivity contribution in [1.29, 1.82) is 0 Å². The molecule has 2 rings (SSSR count). The van der Waals surface area contributed by atoms with Crippen LogP contribution >= 0.6 is 0 Å². The van der Waals surface area contributed by atoms with Crippen LogP contribution in [-0.2, 0) is 4.79 Å². The molecule has 96 valence electrons. The summed E-state index contributed by atoms with van der Waals surface area (Å²) >= 11 is 0. The number of H-pyrrole nitrogens is 1. The maximum absolute atomic E-state index is 12.1. The van der Waals surface area contributed by atoms with Gasteiger partial charge in [-0.05, 0) is 13.0 Å². The van der Waals surface area contributed by atoms with Gasteiger partial charge in [-0.3, -0.25) is 14.4 Å². The van der Waals surface area contributed by atoms with Crippen LogP contribution in [0.2, 0.25) is 0 Å². The van der Waals surface area contributed by atoms with Gasteiger partial charge >= 0.3 is 0 Å². The first-order chi connectivity index (χ1) is 8.58. The molecular formula is C12H15N3O3. The Balaban J connectivity index is 2.09. The van der Waals surface area contributed by atoms with Crippen LogP contribution in [-0.4, -0.2) is 47.1 Å². The maximum Gasteiger partial charge on any atom is 0.270 e. The van der Waals surface area contributed by atoms with Gasteiger partial charge in [0, 0.05) is 37.8 Å². The van der Waals surface area contributed by atoms with E-state index in [2.05, 4.69) is 10.3 Å². The van der Waals surface area contributed by atoms with Crippen molar-refractivity contribution in [2.75, 3.05) is 19.6 Å². The summed E-state index contributed by atoms with van der Waals surface area (Å²) in [5, 5.41) is 2.71. The highest BCUT2D eigenvalue weighted by atomic mass is 16.2. The van der Waals surface area contributed by atoms with E-state index >= 15 is 0 Å². The largest absolute Gasteiger partial charge is 0.356 e. The second kappa shape index (κ2) is 5.03. The molecule has 0 radical (unpaired) electrons. The summed E-state index contributed by atoms with van der Waals surface area (Å²) in [6.45, 7) is 2.80. The molecule has 0 saturated carbocycles. The van der Waals surface area contributed by atoms with Gasteiger partial charge in [0.1, 0.15) is 5.69 Å². The second-order valence-electron chi connectivity index (χ2n) is 4.25. The molecule has 0 unspecified atom stereocenters. The Kier molecular flexibility index (Phi) is 3.45. The van der Waals surface area contributed by atoms with Crippen molar-refractivity contribution in [2.24, 2.45) is 0 Å². The van der Waals surface area contributed by atoms with Gasteiger partial charge in [0.2, 0.25) is 5.91 Å². The first-order valence-corrected chi connectivity index (χ1v) is 5.83. The quantitative estimate of drug-likeness (QED) is 0.733. The lowest BCUT2D eigenvalue weighted by Crippen LogP contribution is -2.34. The Morgan fingerprint density at radius 3 is 2.78 bits per heavy atom. The topological polar surface area (TPSA) is 82.3 Å². The lowest BCUT2D eigenvalue weighted by atomic mass is 10.2. The minimum Gasteiger partial charge on any atom is -0.356 e. The predicted molar refractivity (Wildman–Crippen MR) is 64.3 cm³/mol. The molecule has 6 heteroatoms. The molecule has 1 aromatic rings. The van der Waals surface area contributed by atoms with Crippen LogP contribution in [0.5, 0.6) is 0 Å². The minimum absolute atomic E-state index is 0.0405. The van der Waals surface area contributed by atoms with Crippen molar-refractivity contribution in [3.63, 3.8) is 0 Å². The van der Waals surface area contributed by atoms with Crippen LogP contribution < -0.4 is 5.32 Å². The molecule has 1 aromatic heterocycles. The Bertz CT molecular complexity index is 493. The molecule has 0 spiro atoms. The number of carbonyl (C=O) groups is 3. The van der Waals surface area contributed by atoms with E-state index in [0.29, 0.717) is 37.3 Å². The Morgan fingerprint density at radius 2 is 2.11 bits per heavy atom. The summed E-state index contributed by atoms with van der Waals surface area (Å²) in [6.07, 6.45) is 1.84. The Labute approximate surface area is 104 Å². The van der Waals surface area contributed by atoms with Crippen LogP contribution in [0, 0.1) is 0 Å². The summed E-state index contributed by atoms with van der Waals surface area (Å²) in [5.41, 5.74) is 0.872. The summed E-state index contributed by atoms with van der Waals surface area (Å²) in [6, 6.07) is 1.55. The fourth-order valence-electron chi connectivity index (χ4n) is 1.86. The third-order valence-corrected chi connectivity index (χ3v) is 2.92. The highest BCUT2D eigenvalue weighted by molar-refractivity contribution is 5.99. The van der Waals surface area contributed by atoms with Crippen molar-refractivity contribution >= 4 is 17.6 Å². The minimum atomic E-state index is -0.181. The van der Waals surface area contributed by atoms with E-state index in [9.17, 15) is 14.4 Å². The van der Waals surface area contributed by atoms with Crippen molar-refractivity contribution in [1.82, 2.24) is 15.2 Å². The number of Topliss-reactive ketones (excluding diaryl/α,β-unsaturated/α-hetero) is 1. The number of aromatic amines is 1. The molecule has 6 nitrogen and oxygen atoms in total. The standard InChI is InChI=1S/C12H15N3O3/c1-8(16)9-6-10(14-7-9)12(18)15-4-2-11(17)13-3-5-15/h6-7,14H,2-5H2,1H3,(H,13,17). The number of aromatic nitrogens is 1. The van der Waals surface area contributed by atoms with Crippen LogP contribution in [0.4, 0.5) is 0 Å². The van der Waals surface area contributed by atoms with Gasteiger partial charge in [0.15, 0.2) is 5.78 Å². The highest BCUT2D eigenvalue weighted by Crippen LogP contribution is 2.09. The van der Waals surface area contributed by atoms with Gasteiger partial charge in [-0.2, -0.15) is 0 Å². The van der Waals surface area contributed by atoms with E-state index < -0.39 is 0 Å². The van der Waals surface area contributed by atoms with Crippen molar-refractivity contribution < 1.29 is 14.4 Å². The van der Waals surface area contributed by atoms with E-state index in [4.69, 9.17) is 0 Å². The summed E-state index contributed by atoms with van der Waals surface area (Å²) in [5.74, 6) is -0.307. The smallest absolute Gasteiger partial charge is 0.270 e. The molecule has 2 N–H and O–H groups in total. The third-order valence-electron chi connectivity index (χ3n) is 2.92. The van der Waals surface area contributed by atoms with Crippen LogP contribution in [0.25, 0.3) is 0 Å². The molecule has 1 aliphatic heterocycles. The van der Waals surface area contributed by atoms with Gasteiger partial charge in [-0.1, -0.05) is 0 Å². The summed E-state index contributed by atoms with van der Waals surface area (Å²) in [7, 11) is 0. The molecule has 0 aliphatic carbocycles.